The molecular formula is C10H11FO4. The van der Waals surface area contributed by atoms with E-state index in [-0.39, 0.29) is 5.56 Å². The Labute approximate surface area is 86.2 Å². The summed E-state index contributed by atoms with van der Waals surface area (Å²) in [5.74, 6) is -1.31. The molecule has 82 valence electrons. The Hall–Kier alpha value is -1.62. The van der Waals surface area contributed by atoms with Crippen LogP contribution in [0.15, 0.2) is 18.2 Å². The van der Waals surface area contributed by atoms with Gasteiger partial charge in [-0.2, -0.15) is 0 Å². The quantitative estimate of drug-likeness (QED) is 0.764. The second kappa shape index (κ2) is 4.75. The van der Waals surface area contributed by atoms with E-state index < -0.39 is 17.9 Å². The van der Waals surface area contributed by atoms with E-state index in [2.05, 4.69) is 4.74 Å². The summed E-state index contributed by atoms with van der Waals surface area (Å²) >= 11 is 0. The van der Waals surface area contributed by atoms with Crippen molar-refractivity contribution in [3.63, 3.8) is 0 Å². The van der Waals surface area contributed by atoms with Crippen molar-refractivity contribution in [1.29, 1.82) is 0 Å². The van der Waals surface area contributed by atoms with Gasteiger partial charge in [-0.15, -0.1) is 0 Å². The van der Waals surface area contributed by atoms with Crippen molar-refractivity contribution in [3.05, 3.63) is 29.6 Å². The zero-order chi connectivity index (χ0) is 11.4. The standard InChI is InChI=1S/C10H11FO4/c1-14-6-3-4-7(8(11)5-6)9(12)10(13)15-2/h3-5,9,12H,1-2H3. The van der Waals surface area contributed by atoms with Crippen molar-refractivity contribution in [1.82, 2.24) is 0 Å². The summed E-state index contributed by atoms with van der Waals surface area (Å²) in [5.41, 5.74) is -0.136. The van der Waals surface area contributed by atoms with Crippen LogP contribution in [0, 0.1) is 5.82 Å². The molecule has 5 heteroatoms. The molecule has 15 heavy (non-hydrogen) atoms. The zero-order valence-electron chi connectivity index (χ0n) is 8.36. The van der Waals surface area contributed by atoms with Gasteiger partial charge in [-0.3, -0.25) is 0 Å². The van der Waals surface area contributed by atoms with Crippen LogP contribution in [0.25, 0.3) is 0 Å². The third-order valence-electron chi connectivity index (χ3n) is 1.93. The minimum absolute atomic E-state index is 0.136. The Kier molecular flexibility index (Phi) is 3.62. The molecule has 0 fully saturated rings. The smallest absolute Gasteiger partial charge is 0.339 e. The van der Waals surface area contributed by atoms with Gasteiger partial charge >= 0.3 is 5.97 Å². The number of hydrogen-bond acceptors (Lipinski definition) is 4. The summed E-state index contributed by atoms with van der Waals surface area (Å²) in [4.78, 5) is 10.9. The highest BCUT2D eigenvalue weighted by molar-refractivity contribution is 5.76. The van der Waals surface area contributed by atoms with E-state index in [0.717, 1.165) is 13.2 Å². The molecule has 0 aliphatic rings. The average Bonchev–Trinajstić information content (AvgIpc) is 2.26. The highest BCUT2D eigenvalue weighted by Gasteiger charge is 2.21. The lowest BCUT2D eigenvalue weighted by Crippen LogP contribution is -2.14. The van der Waals surface area contributed by atoms with Gasteiger partial charge in [-0.1, -0.05) is 0 Å². The monoisotopic (exact) mass is 214 g/mol. The van der Waals surface area contributed by atoms with E-state index in [1.807, 2.05) is 0 Å². The fourth-order valence-electron chi connectivity index (χ4n) is 1.10. The maximum Gasteiger partial charge on any atom is 0.339 e. The van der Waals surface area contributed by atoms with Crippen molar-refractivity contribution in [2.75, 3.05) is 14.2 Å². The molecule has 0 aliphatic carbocycles. The Morgan fingerprint density at radius 1 is 1.47 bits per heavy atom. The van der Waals surface area contributed by atoms with Crippen LogP contribution >= 0.6 is 0 Å². The van der Waals surface area contributed by atoms with Crippen LogP contribution in [0.5, 0.6) is 5.75 Å². The lowest BCUT2D eigenvalue weighted by atomic mass is 10.1. The lowest BCUT2D eigenvalue weighted by Gasteiger charge is -2.10. The lowest BCUT2D eigenvalue weighted by molar-refractivity contribution is -0.150. The van der Waals surface area contributed by atoms with Crippen LogP contribution < -0.4 is 4.74 Å². The number of benzene rings is 1. The first-order valence-corrected chi connectivity index (χ1v) is 4.19. The van der Waals surface area contributed by atoms with E-state index in [1.165, 1.54) is 19.2 Å². The Morgan fingerprint density at radius 3 is 2.60 bits per heavy atom. The van der Waals surface area contributed by atoms with Crippen LogP contribution in [0.3, 0.4) is 0 Å². The van der Waals surface area contributed by atoms with Crippen molar-refractivity contribution in [2.45, 2.75) is 6.10 Å². The van der Waals surface area contributed by atoms with Gasteiger partial charge < -0.3 is 14.6 Å². The SMILES string of the molecule is COC(=O)C(O)c1ccc(OC)cc1F. The molecule has 0 heterocycles. The molecule has 1 unspecified atom stereocenters. The summed E-state index contributed by atoms with van der Waals surface area (Å²) in [6.07, 6.45) is -1.61. The number of rotatable bonds is 3. The third-order valence-corrected chi connectivity index (χ3v) is 1.93. The van der Waals surface area contributed by atoms with Crippen molar-refractivity contribution in [3.8, 4) is 5.75 Å². The van der Waals surface area contributed by atoms with E-state index in [4.69, 9.17) is 4.74 Å². The van der Waals surface area contributed by atoms with E-state index >= 15 is 0 Å². The van der Waals surface area contributed by atoms with Gasteiger partial charge in [-0.25, -0.2) is 9.18 Å². The number of carbonyl (C=O) groups is 1. The molecule has 0 spiro atoms. The second-order valence-corrected chi connectivity index (χ2v) is 2.81. The predicted octanol–water partition coefficient (Wildman–Crippen LogP) is 1.04. The molecule has 4 nitrogen and oxygen atoms in total. The molecule has 0 saturated heterocycles. The molecule has 1 rings (SSSR count). The van der Waals surface area contributed by atoms with E-state index in [1.54, 1.807) is 0 Å². The molecule has 0 amide bonds. The number of ether oxygens (including phenoxy) is 2. The van der Waals surface area contributed by atoms with E-state index in [9.17, 15) is 14.3 Å². The second-order valence-electron chi connectivity index (χ2n) is 2.81. The van der Waals surface area contributed by atoms with Crippen LogP contribution in [-0.4, -0.2) is 25.3 Å². The molecule has 0 radical (unpaired) electrons. The number of aliphatic hydroxyl groups excluding tert-OH is 1. The van der Waals surface area contributed by atoms with Crippen LogP contribution in [-0.2, 0) is 9.53 Å². The van der Waals surface area contributed by atoms with Crippen molar-refractivity contribution < 1.29 is 23.8 Å². The normalized spacial score (nSPS) is 12.0. The fourth-order valence-corrected chi connectivity index (χ4v) is 1.10. The number of methoxy groups -OCH3 is 2. The number of carbonyl (C=O) groups excluding carboxylic acids is 1. The summed E-state index contributed by atoms with van der Waals surface area (Å²) in [6, 6.07) is 3.81. The van der Waals surface area contributed by atoms with Gasteiger partial charge in [0.25, 0.3) is 0 Å². The van der Waals surface area contributed by atoms with Gasteiger partial charge in [0.1, 0.15) is 11.6 Å². The molecule has 0 saturated carbocycles. The largest absolute Gasteiger partial charge is 0.497 e. The van der Waals surface area contributed by atoms with Gasteiger partial charge in [0.15, 0.2) is 6.10 Å². The number of esters is 1. The van der Waals surface area contributed by atoms with Gasteiger partial charge in [-0.05, 0) is 12.1 Å². The van der Waals surface area contributed by atoms with Gasteiger partial charge in [0.2, 0.25) is 0 Å². The first-order valence-electron chi connectivity index (χ1n) is 4.19. The highest BCUT2D eigenvalue weighted by atomic mass is 19.1. The number of halogens is 1. The van der Waals surface area contributed by atoms with Gasteiger partial charge in [0, 0.05) is 11.6 Å². The number of aliphatic hydroxyl groups is 1. The highest BCUT2D eigenvalue weighted by Crippen LogP contribution is 2.22. The first kappa shape index (κ1) is 11.5. The summed E-state index contributed by atoms with van der Waals surface area (Å²) in [6.45, 7) is 0. The van der Waals surface area contributed by atoms with Crippen LogP contribution in [0.1, 0.15) is 11.7 Å². The Morgan fingerprint density at radius 2 is 2.13 bits per heavy atom. The molecule has 0 aliphatic heterocycles. The third kappa shape index (κ3) is 2.44. The number of hydrogen-bond donors (Lipinski definition) is 1. The summed E-state index contributed by atoms with van der Waals surface area (Å²) in [5, 5.41) is 9.38. The first-order chi connectivity index (χ1) is 7.10. The van der Waals surface area contributed by atoms with Crippen molar-refractivity contribution >= 4 is 5.97 Å². The molecule has 1 aromatic rings. The summed E-state index contributed by atoms with van der Waals surface area (Å²) in [7, 11) is 2.51. The summed E-state index contributed by atoms with van der Waals surface area (Å²) < 4.78 is 22.4. The van der Waals surface area contributed by atoms with Gasteiger partial charge in [0.05, 0.1) is 14.2 Å². The minimum atomic E-state index is -1.61. The van der Waals surface area contributed by atoms with Crippen LogP contribution in [0.2, 0.25) is 0 Å². The molecule has 0 aromatic heterocycles. The molecule has 1 aromatic carbocycles. The van der Waals surface area contributed by atoms with E-state index in [0.29, 0.717) is 5.75 Å². The zero-order valence-corrected chi connectivity index (χ0v) is 8.36. The average molecular weight is 214 g/mol. The topological polar surface area (TPSA) is 55.8 Å². The molecule has 1 N–H and O–H groups in total. The molecule has 0 bridgehead atoms. The van der Waals surface area contributed by atoms with Crippen molar-refractivity contribution in [2.24, 2.45) is 0 Å². The Bertz CT molecular complexity index is 364. The maximum absolute atomic E-state index is 13.3. The molecular weight excluding hydrogens is 203 g/mol. The Balaban J connectivity index is 3.00. The van der Waals surface area contributed by atoms with Crippen LogP contribution in [0.4, 0.5) is 4.39 Å². The fraction of sp³-hybridized carbons (Fsp3) is 0.300. The predicted molar refractivity (Wildman–Crippen MR) is 49.9 cm³/mol. The minimum Gasteiger partial charge on any atom is -0.497 e. The molecule has 1 atom stereocenters. The maximum atomic E-state index is 13.3.